The number of aromatic hydroxyl groups is 2. The predicted molar refractivity (Wildman–Crippen MR) is 113 cm³/mol. The number of carbonyl (C=O) groups is 3. The van der Waals surface area contributed by atoms with Crippen LogP contribution in [0, 0.1) is 6.92 Å². The molecule has 2 aromatic rings. The van der Waals surface area contributed by atoms with Gasteiger partial charge in [0.1, 0.15) is 34.0 Å². The van der Waals surface area contributed by atoms with Crippen LogP contribution >= 0.6 is 0 Å². The molecule has 2 heterocycles. The van der Waals surface area contributed by atoms with E-state index in [0.717, 1.165) is 5.56 Å². The maximum Gasteiger partial charge on any atom is 0.194 e. The fourth-order valence-electron chi connectivity index (χ4n) is 4.25. The Bertz CT molecular complexity index is 1280. The van der Waals surface area contributed by atoms with Gasteiger partial charge in [0.2, 0.25) is 0 Å². The molecule has 1 atom stereocenters. The van der Waals surface area contributed by atoms with Gasteiger partial charge in [-0.15, -0.1) is 0 Å². The molecule has 2 aliphatic rings. The fraction of sp³-hybridized carbons (Fsp3) is 0.304. The highest BCUT2D eigenvalue weighted by Crippen LogP contribution is 2.57. The number of Topliss-reactive ketones (excluding diaryl/α,β-unsaturated/α-hetero) is 2. The number of ketones is 3. The number of aryl methyl sites for hydroxylation is 1. The molecule has 166 valence electrons. The van der Waals surface area contributed by atoms with Crippen LogP contribution in [0.5, 0.6) is 17.2 Å². The lowest BCUT2D eigenvalue weighted by Gasteiger charge is -2.29. The lowest BCUT2D eigenvalue weighted by Crippen LogP contribution is -2.41. The van der Waals surface area contributed by atoms with Gasteiger partial charge in [-0.25, -0.2) is 0 Å². The minimum Gasteiger partial charge on any atom is -0.507 e. The third-order valence-electron chi connectivity index (χ3n) is 6.08. The number of rotatable bonds is 4. The molecule has 0 bridgehead atoms. The summed E-state index contributed by atoms with van der Waals surface area (Å²) in [7, 11) is 1.79. The molecule has 9 nitrogen and oxygen atoms in total. The average Bonchev–Trinajstić information content (AvgIpc) is 3.26. The van der Waals surface area contributed by atoms with Crippen LogP contribution in [0.3, 0.4) is 0 Å². The van der Waals surface area contributed by atoms with Crippen LogP contribution in [0.1, 0.15) is 47.8 Å². The zero-order valence-corrected chi connectivity index (χ0v) is 18.4. The molecule has 0 amide bonds. The zero-order valence-electron chi connectivity index (χ0n) is 18.4. The van der Waals surface area contributed by atoms with Gasteiger partial charge in [0.15, 0.2) is 17.3 Å². The smallest absolute Gasteiger partial charge is 0.194 e. The van der Waals surface area contributed by atoms with Crippen LogP contribution in [-0.2, 0) is 28.6 Å². The van der Waals surface area contributed by atoms with E-state index in [-0.39, 0.29) is 39.5 Å². The number of carbonyl (C=O) groups excluding carboxylic acids is 3. The van der Waals surface area contributed by atoms with E-state index in [1.165, 1.54) is 26.8 Å². The Morgan fingerprint density at radius 1 is 1.25 bits per heavy atom. The summed E-state index contributed by atoms with van der Waals surface area (Å²) in [6, 6.07) is 0. The van der Waals surface area contributed by atoms with E-state index in [0.29, 0.717) is 12.2 Å². The first kappa shape index (κ1) is 21.4. The Labute approximate surface area is 184 Å². The fourth-order valence-corrected chi connectivity index (χ4v) is 4.25. The van der Waals surface area contributed by atoms with E-state index >= 15 is 0 Å². The first-order valence-electron chi connectivity index (χ1n) is 9.99. The quantitative estimate of drug-likeness (QED) is 0.377. The normalized spacial score (nSPS) is 21.0. The molecule has 0 radical (unpaired) electrons. The number of hydrogen-bond acceptors (Lipinski definition) is 8. The van der Waals surface area contributed by atoms with Gasteiger partial charge in [-0.2, -0.15) is 5.10 Å². The highest BCUT2D eigenvalue weighted by Gasteiger charge is 2.56. The number of allylic oxidation sites excluding steroid dienone is 4. The van der Waals surface area contributed by atoms with Crippen molar-refractivity contribution in [1.29, 1.82) is 0 Å². The van der Waals surface area contributed by atoms with Crippen molar-refractivity contribution >= 4 is 17.3 Å². The van der Waals surface area contributed by atoms with Gasteiger partial charge in [-0.3, -0.25) is 19.1 Å². The molecule has 0 saturated heterocycles. The van der Waals surface area contributed by atoms with Gasteiger partial charge < -0.3 is 20.3 Å². The summed E-state index contributed by atoms with van der Waals surface area (Å²) >= 11 is 0. The molecule has 0 unspecified atom stereocenters. The lowest BCUT2D eigenvalue weighted by molar-refractivity contribution is -0.123. The van der Waals surface area contributed by atoms with Crippen molar-refractivity contribution in [2.75, 3.05) is 0 Å². The van der Waals surface area contributed by atoms with Crippen molar-refractivity contribution in [2.45, 2.75) is 39.7 Å². The second-order valence-electron chi connectivity index (χ2n) is 8.26. The summed E-state index contributed by atoms with van der Waals surface area (Å²) in [6.45, 7) is 6.21. The number of nitrogens with zero attached hydrogens (tertiary/aromatic N) is 2. The van der Waals surface area contributed by atoms with Gasteiger partial charge in [-0.05, 0) is 27.7 Å². The van der Waals surface area contributed by atoms with Crippen LogP contribution in [0.15, 0.2) is 35.5 Å². The highest BCUT2D eigenvalue weighted by atomic mass is 16.5. The highest BCUT2D eigenvalue weighted by molar-refractivity contribution is 6.31. The van der Waals surface area contributed by atoms with Gasteiger partial charge in [-0.1, -0.05) is 0 Å². The zero-order chi connectivity index (χ0) is 23.5. The van der Waals surface area contributed by atoms with E-state index in [4.69, 9.17) is 4.74 Å². The van der Waals surface area contributed by atoms with E-state index < -0.39 is 28.5 Å². The number of ether oxygens (including phenoxy) is 1. The van der Waals surface area contributed by atoms with Crippen molar-refractivity contribution in [1.82, 2.24) is 15.1 Å². The monoisotopic (exact) mass is 437 g/mol. The number of nitrogens with one attached hydrogen (secondary N) is 1. The molecule has 1 aromatic carbocycles. The number of fused-ring (bicyclic) bond motifs is 3. The van der Waals surface area contributed by atoms with Gasteiger partial charge in [0.25, 0.3) is 0 Å². The minimum absolute atomic E-state index is 0.00843. The number of aromatic nitrogens is 2. The number of phenols is 2. The molecule has 0 saturated carbocycles. The molecule has 1 aliphatic carbocycles. The summed E-state index contributed by atoms with van der Waals surface area (Å²) in [4.78, 5) is 38.8. The minimum atomic E-state index is -1.53. The van der Waals surface area contributed by atoms with E-state index in [1.807, 2.05) is 6.20 Å². The first-order chi connectivity index (χ1) is 15.0. The summed E-state index contributed by atoms with van der Waals surface area (Å²) in [5.41, 5.74) is -0.357. The van der Waals surface area contributed by atoms with E-state index in [1.54, 1.807) is 24.9 Å². The molecular formula is C23H23N3O6. The Morgan fingerprint density at radius 3 is 2.53 bits per heavy atom. The maximum atomic E-state index is 13.7. The number of phenolic OH excluding ortho intramolecular Hbond substituents is 2. The summed E-state index contributed by atoms with van der Waals surface area (Å²) in [5, 5.41) is 28.4. The van der Waals surface area contributed by atoms with Gasteiger partial charge in [0.05, 0.1) is 17.3 Å². The molecule has 1 aromatic heterocycles. The van der Waals surface area contributed by atoms with Crippen molar-refractivity contribution in [2.24, 2.45) is 7.05 Å². The third-order valence-corrected chi connectivity index (χ3v) is 6.08. The standard InChI is InChI=1S/C23H23N3O6/c1-10-19(29)17(12(3)27)21-18(20(10)30)23(4)15(32-21)6-14(28)16(22(23)31)11(2)24-7-13-8-25-26(5)9-13/h6,8-9,24,29-30H,7H2,1-5H3/b16-11+/t23-/m0/s1. The van der Waals surface area contributed by atoms with Crippen LogP contribution in [0.4, 0.5) is 0 Å². The Balaban J connectivity index is 1.84. The van der Waals surface area contributed by atoms with Crippen molar-refractivity contribution in [3.05, 3.63) is 57.8 Å². The Kier molecular flexibility index (Phi) is 4.73. The largest absolute Gasteiger partial charge is 0.507 e. The summed E-state index contributed by atoms with van der Waals surface area (Å²) in [5.74, 6) is -2.46. The van der Waals surface area contributed by atoms with Gasteiger partial charge >= 0.3 is 0 Å². The lowest BCUT2D eigenvalue weighted by atomic mass is 9.70. The van der Waals surface area contributed by atoms with E-state index in [9.17, 15) is 24.6 Å². The Hall–Kier alpha value is -3.88. The topological polar surface area (TPSA) is 131 Å². The molecule has 9 heteroatoms. The first-order valence-corrected chi connectivity index (χ1v) is 9.99. The molecule has 0 spiro atoms. The summed E-state index contributed by atoms with van der Waals surface area (Å²) < 4.78 is 7.39. The van der Waals surface area contributed by atoms with Crippen LogP contribution in [0.2, 0.25) is 0 Å². The predicted octanol–water partition coefficient (Wildman–Crippen LogP) is 2.09. The van der Waals surface area contributed by atoms with E-state index in [2.05, 4.69) is 10.4 Å². The van der Waals surface area contributed by atoms with Crippen LogP contribution in [0.25, 0.3) is 0 Å². The average molecular weight is 437 g/mol. The summed E-state index contributed by atoms with van der Waals surface area (Å²) in [6.07, 6.45) is 4.68. The molecule has 0 fully saturated rings. The van der Waals surface area contributed by atoms with Gasteiger partial charge in [0, 0.05) is 42.7 Å². The molecule has 4 rings (SSSR count). The van der Waals surface area contributed by atoms with Crippen molar-refractivity contribution < 1.29 is 29.3 Å². The SMILES string of the molecule is CC(=O)c1c(O)c(C)c(O)c2c1OC1=CC(=O)/C(=C(/C)NCc3cnn(C)c3)C(=O)[C@@]12C. The molecule has 3 N–H and O–H groups in total. The molecule has 1 aliphatic heterocycles. The van der Waals surface area contributed by atoms with Crippen LogP contribution in [-0.4, -0.2) is 37.3 Å². The second-order valence-corrected chi connectivity index (χ2v) is 8.26. The molecular weight excluding hydrogens is 414 g/mol. The maximum absolute atomic E-state index is 13.7. The third kappa shape index (κ3) is 2.84. The Morgan fingerprint density at radius 2 is 1.94 bits per heavy atom. The van der Waals surface area contributed by atoms with Crippen molar-refractivity contribution in [3.63, 3.8) is 0 Å². The van der Waals surface area contributed by atoms with Crippen molar-refractivity contribution in [3.8, 4) is 17.2 Å². The second kappa shape index (κ2) is 7.08. The number of hydrogen-bond donors (Lipinski definition) is 3. The van der Waals surface area contributed by atoms with Crippen LogP contribution < -0.4 is 10.1 Å². The molecule has 32 heavy (non-hydrogen) atoms. The number of benzene rings is 1.